The van der Waals surface area contributed by atoms with E-state index in [4.69, 9.17) is 9.97 Å². The van der Waals surface area contributed by atoms with Crippen molar-refractivity contribution in [2.75, 3.05) is 0 Å². The Hall–Kier alpha value is -8.34. The molecule has 0 spiro atoms. The molecule has 0 fully saturated rings. The number of para-hydroxylation sites is 3. The summed E-state index contributed by atoms with van der Waals surface area (Å²) in [6, 6.07) is 75.0. The SMILES string of the molecule is c1ccc(-n2c3ccccc3c3c4ccccc4c(-c4ccc5c(c4)c4ccccc4n5-c4ccc5cc(-c6nc7c8c(cccc8n6)-c6ccccc6-7)ccc5c4)cc32)cc1. The summed E-state index contributed by atoms with van der Waals surface area (Å²) in [6.45, 7) is 0. The first-order valence-electron chi connectivity index (χ1n) is 21.2. The minimum Gasteiger partial charge on any atom is -0.309 e. The number of rotatable bonds is 4. The van der Waals surface area contributed by atoms with Gasteiger partial charge in [-0.2, -0.15) is 0 Å². The number of benzene rings is 10. The van der Waals surface area contributed by atoms with Crippen molar-refractivity contribution in [1.29, 1.82) is 0 Å². The van der Waals surface area contributed by atoms with E-state index in [0.717, 1.165) is 44.7 Å². The van der Waals surface area contributed by atoms with Gasteiger partial charge in [0.15, 0.2) is 5.82 Å². The van der Waals surface area contributed by atoms with Crippen molar-refractivity contribution in [3.63, 3.8) is 0 Å². The van der Waals surface area contributed by atoms with Crippen LogP contribution in [0, 0.1) is 0 Å². The van der Waals surface area contributed by atoms with E-state index in [9.17, 15) is 0 Å². The molecule has 0 N–H and O–H groups in total. The van der Waals surface area contributed by atoms with Crippen molar-refractivity contribution >= 4 is 76.1 Å². The largest absolute Gasteiger partial charge is 0.309 e. The van der Waals surface area contributed by atoms with Crippen LogP contribution in [0.15, 0.2) is 206 Å². The number of hydrogen-bond acceptors (Lipinski definition) is 2. The lowest BCUT2D eigenvalue weighted by Crippen LogP contribution is -1.95. The Morgan fingerprint density at radius 2 is 0.952 bits per heavy atom. The maximum Gasteiger partial charge on any atom is 0.160 e. The molecule has 0 saturated heterocycles. The average Bonchev–Trinajstić information content (AvgIpc) is 3.97. The first kappa shape index (κ1) is 33.5. The van der Waals surface area contributed by atoms with Gasteiger partial charge in [-0.3, -0.25) is 0 Å². The van der Waals surface area contributed by atoms with Crippen LogP contribution < -0.4 is 0 Å². The fourth-order valence-electron chi connectivity index (χ4n) is 10.5. The standard InChI is InChI=1S/C58H34N4/c1-2-13-39(14-3-1)61-52-24-11-9-20-47(52)55-44-18-6-4-16-42(44)48(34-54(55)61)37-28-30-53-49(33-37)43-17-8-10-23-51(43)62(53)40-29-27-35-31-38(26-25-36(35)32-40)58-59-50-22-12-21-45-41-15-5-7-19-46(41)57(60-58)56(45)50/h1-34H. The molecule has 13 aromatic rings. The highest BCUT2D eigenvalue weighted by atomic mass is 15.0. The molecule has 10 aromatic carbocycles. The van der Waals surface area contributed by atoms with Crippen LogP contribution in [0.1, 0.15) is 0 Å². The second kappa shape index (κ2) is 12.6. The van der Waals surface area contributed by atoms with Crippen LogP contribution in [0.25, 0.3) is 132 Å². The molecular formula is C58H34N4. The third-order valence-corrected chi connectivity index (χ3v) is 13.2. The summed E-state index contributed by atoms with van der Waals surface area (Å²) in [7, 11) is 0. The molecule has 1 aliphatic carbocycles. The highest BCUT2D eigenvalue weighted by Gasteiger charge is 2.24. The lowest BCUT2D eigenvalue weighted by Gasteiger charge is -2.13. The third kappa shape index (κ3) is 4.66. The fourth-order valence-corrected chi connectivity index (χ4v) is 10.5. The van der Waals surface area contributed by atoms with E-state index in [1.54, 1.807) is 0 Å². The number of nitrogens with zero attached hydrogens (tertiary/aromatic N) is 4. The molecule has 0 saturated carbocycles. The maximum atomic E-state index is 5.19. The first-order chi connectivity index (χ1) is 30.7. The van der Waals surface area contributed by atoms with Crippen LogP contribution in [0.4, 0.5) is 0 Å². The molecular weight excluding hydrogens is 753 g/mol. The van der Waals surface area contributed by atoms with Crippen molar-refractivity contribution in [2.24, 2.45) is 0 Å². The molecule has 62 heavy (non-hydrogen) atoms. The van der Waals surface area contributed by atoms with Crippen LogP contribution in [0.5, 0.6) is 0 Å². The lowest BCUT2D eigenvalue weighted by molar-refractivity contribution is 1.18. The van der Waals surface area contributed by atoms with Gasteiger partial charge in [0.25, 0.3) is 0 Å². The van der Waals surface area contributed by atoms with Gasteiger partial charge in [0.1, 0.15) is 0 Å². The predicted molar refractivity (Wildman–Crippen MR) is 259 cm³/mol. The normalized spacial score (nSPS) is 12.2. The van der Waals surface area contributed by atoms with Crippen LogP contribution in [-0.2, 0) is 0 Å². The summed E-state index contributed by atoms with van der Waals surface area (Å²) in [6.07, 6.45) is 0. The lowest BCUT2D eigenvalue weighted by atomic mass is 9.94. The summed E-state index contributed by atoms with van der Waals surface area (Å²) in [5, 5.41) is 11.0. The minimum absolute atomic E-state index is 0.749. The maximum absolute atomic E-state index is 5.19. The molecule has 0 unspecified atom stereocenters. The van der Waals surface area contributed by atoms with Crippen molar-refractivity contribution in [3.8, 4) is 56.3 Å². The number of hydrogen-bond donors (Lipinski definition) is 0. The van der Waals surface area contributed by atoms with E-state index in [2.05, 4.69) is 215 Å². The molecule has 0 amide bonds. The van der Waals surface area contributed by atoms with Crippen molar-refractivity contribution in [1.82, 2.24) is 19.1 Å². The second-order valence-electron chi connectivity index (χ2n) is 16.5. The molecule has 286 valence electrons. The van der Waals surface area contributed by atoms with E-state index in [-0.39, 0.29) is 0 Å². The summed E-state index contributed by atoms with van der Waals surface area (Å²) in [5.74, 6) is 0.749. The van der Waals surface area contributed by atoms with Crippen molar-refractivity contribution in [3.05, 3.63) is 206 Å². The number of aromatic nitrogens is 4. The van der Waals surface area contributed by atoms with Gasteiger partial charge in [-0.25, -0.2) is 9.97 Å². The Balaban J connectivity index is 0.917. The molecule has 1 aliphatic rings. The van der Waals surface area contributed by atoms with Crippen molar-refractivity contribution < 1.29 is 0 Å². The zero-order valence-corrected chi connectivity index (χ0v) is 33.4. The monoisotopic (exact) mass is 786 g/mol. The van der Waals surface area contributed by atoms with Gasteiger partial charge in [0.05, 0.1) is 33.3 Å². The highest BCUT2D eigenvalue weighted by Crippen LogP contribution is 2.47. The third-order valence-electron chi connectivity index (χ3n) is 13.2. The molecule has 0 atom stereocenters. The molecule has 4 nitrogen and oxygen atoms in total. The van der Waals surface area contributed by atoms with E-state index < -0.39 is 0 Å². The fraction of sp³-hybridized carbons (Fsp3) is 0. The number of fused-ring (bicyclic) bond motifs is 12. The minimum atomic E-state index is 0.749. The molecule has 4 heteroatoms. The Labute approximate surface area is 356 Å². The van der Waals surface area contributed by atoms with E-state index in [1.807, 2.05) is 0 Å². The summed E-state index contributed by atoms with van der Waals surface area (Å²) < 4.78 is 4.84. The van der Waals surface area contributed by atoms with Gasteiger partial charge in [0, 0.05) is 49.4 Å². The quantitative estimate of drug-likeness (QED) is 0.178. The smallest absolute Gasteiger partial charge is 0.160 e. The van der Waals surface area contributed by atoms with Crippen LogP contribution in [0.2, 0.25) is 0 Å². The van der Waals surface area contributed by atoms with E-state index in [0.29, 0.717) is 0 Å². The Kier molecular flexibility index (Phi) is 6.80. The van der Waals surface area contributed by atoms with Gasteiger partial charge in [-0.15, -0.1) is 0 Å². The Morgan fingerprint density at radius 3 is 1.82 bits per heavy atom. The van der Waals surface area contributed by atoms with Gasteiger partial charge in [-0.05, 0) is 111 Å². The zero-order valence-electron chi connectivity index (χ0n) is 33.4. The first-order valence-corrected chi connectivity index (χ1v) is 21.2. The van der Waals surface area contributed by atoms with Crippen LogP contribution in [0.3, 0.4) is 0 Å². The molecule has 0 radical (unpaired) electrons. The molecule has 3 heterocycles. The van der Waals surface area contributed by atoms with E-state index >= 15 is 0 Å². The van der Waals surface area contributed by atoms with Crippen LogP contribution in [-0.4, -0.2) is 19.1 Å². The zero-order chi connectivity index (χ0) is 40.5. The summed E-state index contributed by atoms with van der Waals surface area (Å²) in [4.78, 5) is 10.3. The Morgan fingerprint density at radius 1 is 0.306 bits per heavy atom. The van der Waals surface area contributed by atoms with Crippen molar-refractivity contribution in [2.45, 2.75) is 0 Å². The summed E-state index contributed by atoms with van der Waals surface area (Å²) in [5.41, 5.74) is 16.1. The molecule has 0 aliphatic heterocycles. The average molecular weight is 787 g/mol. The second-order valence-corrected chi connectivity index (χ2v) is 16.5. The Bertz CT molecular complexity index is 4040. The van der Waals surface area contributed by atoms with Gasteiger partial charge in [0.2, 0.25) is 0 Å². The predicted octanol–water partition coefficient (Wildman–Crippen LogP) is 15.1. The van der Waals surface area contributed by atoms with E-state index in [1.165, 1.54) is 87.6 Å². The molecule has 14 rings (SSSR count). The summed E-state index contributed by atoms with van der Waals surface area (Å²) >= 11 is 0. The highest BCUT2D eigenvalue weighted by molar-refractivity contribution is 6.24. The van der Waals surface area contributed by atoms with Gasteiger partial charge < -0.3 is 9.13 Å². The van der Waals surface area contributed by atoms with Gasteiger partial charge >= 0.3 is 0 Å². The molecule has 0 bridgehead atoms. The van der Waals surface area contributed by atoms with Gasteiger partial charge in [-0.1, -0.05) is 140 Å². The van der Waals surface area contributed by atoms with Crippen LogP contribution >= 0.6 is 0 Å². The topological polar surface area (TPSA) is 35.6 Å². The molecule has 3 aromatic heterocycles.